The van der Waals surface area contributed by atoms with Gasteiger partial charge in [0.25, 0.3) is 0 Å². The Hall–Kier alpha value is -3.99. The summed E-state index contributed by atoms with van der Waals surface area (Å²) in [6.07, 6.45) is 7.58. The number of rotatable bonds is 8. The molecule has 38 heavy (non-hydrogen) atoms. The Morgan fingerprint density at radius 1 is 0.500 bits per heavy atom. The van der Waals surface area contributed by atoms with Crippen LogP contribution in [0.15, 0.2) is 67.0 Å². The van der Waals surface area contributed by atoms with Gasteiger partial charge in [0.05, 0.1) is 0 Å². The Labute approximate surface area is 226 Å². The zero-order valence-corrected chi connectivity index (χ0v) is 23.4. The van der Waals surface area contributed by atoms with E-state index in [4.69, 9.17) is 9.97 Å². The van der Waals surface area contributed by atoms with Crippen LogP contribution in [0.2, 0.25) is 0 Å². The molecule has 0 saturated carbocycles. The first-order valence-corrected chi connectivity index (χ1v) is 13.5. The van der Waals surface area contributed by atoms with Crippen LogP contribution in [0.25, 0.3) is 11.6 Å². The lowest BCUT2D eigenvalue weighted by Crippen LogP contribution is -2.06. The first-order valence-electron chi connectivity index (χ1n) is 13.5. The molecule has 0 aliphatic rings. The molecule has 0 amide bonds. The van der Waals surface area contributed by atoms with E-state index in [0.29, 0.717) is 0 Å². The molecule has 5 heteroatoms. The number of hydrogen-bond donors (Lipinski definition) is 0. The first kappa shape index (κ1) is 25.7. The highest BCUT2D eigenvalue weighted by atomic mass is 15.1. The molecule has 5 aromatic heterocycles. The second-order valence-corrected chi connectivity index (χ2v) is 10.6. The van der Waals surface area contributed by atoms with Crippen LogP contribution >= 0.6 is 0 Å². The fourth-order valence-electron chi connectivity index (χ4n) is 5.34. The zero-order valence-electron chi connectivity index (χ0n) is 23.4. The fourth-order valence-corrected chi connectivity index (χ4v) is 5.34. The van der Waals surface area contributed by atoms with Crippen molar-refractivity contribution in [1.29, 1.82) is 0 Å². The van der Waals surface area contributed by atoms with Crippen molar-refractivity contribution < 1.29 is 0 Å². The summed E-state index contributed by atoms with van der Waals surface area (Å²) in [7, 11) is 0. The average Bonchev–Trinajstić information content (AvgIpc) is 3.40. The van der Waals surface area contributed by atoms with Crippen LogP contribution in [-0.2, 0) is 25.7 Å². The molecular formula is C33H37N5. The van der Waals surface area contributed by atoms with E-state index in [1.165, 1.54) is 45.0 Å². The summed E-state index contributed by atoms with van der Waals surface area (Å²) in [6, 6.07) is 19.6. The van der Waals surface area contributed by atoms with Crippen molar-refractivity contribution in [3.63, 3.8) is 0 Å². The van der Waals surface area contributed by atoms with Crippen molar-refractivity contribution in [3.05, 3.63) is 123 Å². The molecule has 0 fully saturated rings. The van der Waals surface area contributed by atoms with Crippen molar-refractivity contribution in [2.24, 2.45) is 0 Å². The normalized spacial score (nSPS) is 11.3. The molecule has 0 bridgehead atoms. The molecule has 0 atom stereocenters. The lowest BCUT2D eigenvalue weighted by atomic mass is 10.0. The van der Waals surface area contributed by atoms with Gasteiger partial charge in [0.15, 0.2) is 0 Å². The SMILES string of the molecule is Cc1cc(CCc2cncc(CCc3cc(C)cc(-n4c(C)ccc4C)n3)c2)nc(-n2c(C)ccc2C)c1. The maximum Gasteiger partial charge on any atom is 0.137 e. The molecule has 0 aliphatic carbocycles. The Kier molecular flexibility index (Phi) is 7.28. The number of nitrogens with zero attached hydrogens (tertiary/aromatic N) is 5. The summed E-state index contributed by atoms with van der Waals surface area (Å²) in [5, 5.41) is 0. The Bertz CT molecular complexity index is 1430. The molecule has 0 saturated heterocycles. The molecule has 0 aliphatic heterocycles. The number of aromatic nitrogens is 5. The summed E-state index contributed by atoms with van der Waals surface area (Å²) in [5.41, 5.74) is 12.0. The Morgan fingerprint density at radius 2 is 0.895 bits per heavy atom. The maximum absolute atomic E-state index is 4.99. The Morgan fingerprint density at radius 3 is 1.29 bits per heavy atom. The second-order valence-electron chi connectivity index (χ2n) is 10.6. The van der Waals surface area contributed by atoms with Crippen LogP contribution in [0.5, 0.6) is 0 Å². The Balaban J connectivity index is 1.27. The minimum atomic E-state index is 0.886. The predicted molar refractivity (Wildman–Crippen MR) is 155 cm³/mol. The van der Waals surface area contributed by atoms with E-state index in [2.05, 4.69) is 110 Å². The second kappa shape index (κ2) is 10.8. The largest absolute Gasteiger partial charge is 0.303 e. The molecule has 0 radical (unpaired) electrons. The first-order chi connectivity index (χ1) is 18.3. The van der Waals surface area contributed by atoms with E-state index in [1.54, 1.807) is 0 Å². The van der Waals surface area contributed by atoms with Gasteiger partial charge in [-0.15, -0.1) is 0 Å². The van der Waals surface area contributed by atoms with Crippen LogP contribution in [0.3, 0.4) is 0 Å². The molecule has 0 spiro atoms. The van der Waals surface area contributed by atoms with Crippen LogP contribution in [0.4, 0.5) is 0 Å². The maximum atomic E-state index is 4.99. The quantitative estimate of drug-likeness (QED) is 0.232. The van der Waals surface area contributed by atoms with E-state index in [-0.39, 0.29) is 0 Å². The predicted octanol–water partition coefficient (Wildman–Crippen LogP) is 6.87. The fraction of sp³-hybridized carbons (Fsp3) is 0.303. The molecule has 0 unspecified atom stereocenters. The van der Waals surface area contributed by atoms with Gasteiger partial charge in [0, 0.05) is 46.6 Å². The minimum absolute atomic E-state index is 0.886. The number of hydrogen-bond acceptors (Lipinski definition) is 3. The summed E-state index contributed by atoms with van der Waals surface area (Å²) < 4.78 is 4.45. The van der Waals surface area contributed by atoms with Gasteiger partial charge >= 0.3 is 0 Å². The third-order valence-corrected chi connectivity index (χ3v) is 7.21. The number of aryl methyl sites for hydroxylation is 10. The molecule has 5 rings (SSSR count). The summed E-state index contributed by atoms with van der Waals surface area (Å²) in [6.45, 7) is 12.8. The standard InChI is InChI=1S/C33H37N5/c1-22-15-30(35-32(17-22)37-24(3)7-8-25(37)4)13-11-28-19-29(21-34-20-28)12-14-31-16-23(2)18-33(36-31)38-26(5)9-10-27(38)6/h7-10,15-21H,11-14H2,1-6H3. The van der Waals surface area contributed by atoms with Crippen molar-refractivity contribution in [2.75, 3.05) is 0 Å². The van der Waals surface area contributed by atoms with E-state index >= 15 is 0 Å². The van der Waals surface area contributed by atoms with Crippen LogP contribution in [-0.4, -0.2) is 24.1 Å². The number of pyridine rings is 3. The molecule has 0 N–H and O–H groups in total. The summed E-state index contributed by atoms with van der Waals surface area (Å²) >= 11 is 0. The van der Waals surface area contributed by atoms with Gasteiger partial charge in [-0.05, 0) is 138 Å². The average molecular weight is 504 g/mol. The molecule has 0 aromatic carbocycles. The summed E-state index contributed by atoms with van der Waals surface area (Å²) in [4.78, 5) is 14.5. The van der Waals surface area contributed by atoms with Gasteiger partial charge in [-0.1, -0.05) is 6.07 Å². The van der Waals surface area contributed by atoms with Crippen molar-refractivity contribution in [3.8, 4) is 11.6 Å². The topological polar surface area (TPSA) is 48.5 Å². The summed E-state index contributed by atoms with van der Waals surface area (Å²) in [5.74, 6) is 2.00. The van der Waals surface area contributed by atoms with Gasteiger partial charge in [-0.2, -0.15) is 0 Å². The van der Waals surface area contributed by atoms with Crippen LogP contribution in [0, 0.1) is 41.5 Å². The van der Waals surface area contributed by atoms with E-state index in [0.717, 1.165) is 48.7 Å². The third-order valence-electron chi connectivity index (χ3n) is 7.21. The van der Waals surface area contributed by atoms with Gasteiger partial charge < -0.3 is 9.13 Å². The van der Waals surface area contributed by atoms with Gasteiger partial charge in [0.1, 0.15) is 11.6 Å². The van der Waals surface area contributed by atoms with Crippen molar-refractivity contribution in [2.45, 2.75) is 67.2 Å². The van der Waals surface area contributed by atoms with Crippen molar-refractivity contribution in [1.82, 2.24) is 24.1 Å². The highest BCUT2D eigenvalue weighted by Gasteiger charge is 2.10. The van der Waals surface area contributed by atoms with Gasteiger partial charge in [0.2, 0.25) is 0 Å². The minimum Gasteiger partial charge on any atom is -0.303 e. The molecular weight excluding hydrogens is 466 g/mol. The van der Waals surface area contributed by atoms with E-state index in [9.17, 15) is 0 Å². The van der Waals surface area contributed by atoms with Gasteiger partial charge in [-0.25, -0.2) is 9.97 Å². The van der Waals surface area contributed by atoms with Crippen molar-refractivity contribution >= 4 is 0 Å². The molecule has 194 valence electrons. The third kappa shape index (κ3) is 5.62. The molecule has 5 nitrogen and oxygen atoms in total. The molecule has 5 aromatic rings. The van der Waals surface area contributed by atoms with E-state index in [1.807, 2.05) is 12.4 Å². The lowest BCUT2D eigenvalue weighted by Gasteiger charge is -2.12. The zero-order chi connectivity index (χ0) is 26.8. The lowest BCUT2D eigenvalue weighted by molar-refractivity contribution is 0.846. The highest BCUT2D eigenvalue weighted by Crippen LogP contribution is 2.19. The van der Waals surface area contributed by atoms with Crippen LogP contribution in [0.1, 0.15) is 56.4 Å². The van der Waals surface area contributed by atoms with E-state index < -0.39 is 0 Å². The monoisotopic (exact) mass is 503 g/mol. The highest BCUT2D eigenvalue weighted by molar-refractivity contribution is 5.37. The van der Waals surface area contributed by atoms with Gasteiger partial charge in [-0.3, -0.25) is 4.98 Å². The molecule has 5 heterocycles. The van der Waals surface area contributed by atoms with Crippen LogP contribution < -0.4 is 0 Å². The smallest absolute Gasteiger partial charge is 0.137 e.